The van der Waals surface area contributed by atoms with Gasteiger partial charge in [-0.15, -0.1) is 11.8 Å². The molecule has 0 spiro atoms. The van der Waals surface area contributed by atoms with E-state index in [4.69, 9.17) is 0 Å². The van der Waals surface area contributed by atoms with E-state index in [9.17, 15) is 8.42 Å². The Morgan fingerprint density at radius 1 is 1.22 bits per heavy atom. The van der Waals surface area contributed by atoms with Crippen LogP contribution in [0.15, 0.2) is 40.2 Å². The third-order valence-electron chi connectivity index (χ3n) is 2.87. The lowest BCUT2D eigenvalue weighted by molar-refractivity contribution is 0.584. The minimum Gasteiger partial charge on any atom is -0.356 e. The molecule has 0 aliphatic carbocycles. The van der Waals surface area contributed by atoms with E-state index in [1.165, 1.54) is 4.90 Å². The normalized spacial score (nSPS) is 13.6. The van der Waals surface area contributed by atoms with Gasteiger partial charge in [-0.2, -0.15) is 0 Å². The van der Waals surface area contributed by atoms with E-state index in [1.54, 1.807) is 7.05 Å². The number of sulfonamides is 1. The highest BCUT2D eigenvalue weighted by Crippen LogP contribution is 2.21. The fourth-order valence-corrected chi connectivity index (χ4v) is 3.25. The van der Waals surface area contributed by atoms with E-state index in [2.05, 4.69) is 39.4 Å². The maximum absolute atomic E-state index is 10.9. The van der Waals surface area contributed by atoms with Gasteiger partial charge in [0.15, 0.2) is 5.96 Å². The predicted molar refractivity (Wildman–Crippen MR) is 98.6 cm³/mol. The number of rotatable bonds is 9. The van der Waals surface area contributed by atoms with Crippen LogP contribution >= 0.6 is 11.8 Å². The number of hydrogen-bond donors (Lipinski definition) is 3. The van der Waals surface area contributed by atoms with Crippen molar-refractivity contribution in [3.05, 3.63) is 30.3 Å². The SMILES string of the molecule is CN=C(NCCCNS(C)(=O)=O)NCC(C)Sc1ccccc1. The summed E-state index contributed by atoms with van der Waals surface area (Å²) < 4.78 is 24.3. The highest BCUT2D eigenvalue weighted by molar-refractivity contribution is 8.00. The van der Waals surface area contributed by atoms with Crippen molar-refractivity contribution in [2.24, 2.45) is 4.99 Å². The summed E-state index contributed by atoms with van der Waals surface area (Å²) in [4.78, 5) is 5.41. The molecule has 1 atom stereocenters. The van der Waals surface area contributed by atoms with Gasteiger partial charge in [-0.3, -0.25) is 4.99 Å². The van der Waals surface area contributed by atoms with Gasteiger partial charge in [-0.1, -0.05) is 25.1 Å². The zero-order valence-electron chi connectivity index (χ0n) is 13.9. The van der Waals surface area contributed by atoms with Gasteiger partial charge in [-0.05, 0) is 18.6 Å². The molecule has 0 heterocycles. The van der Waals surface area contributed by atoms with Gasteiger partial charge in [0.05, 0.1) is 6.26 Å². The minimum absolute atomic E-state index is 0.405. The highest BCUT2D eigenvalue weighted by atomic mass is 32.2. The van der Waals surface area contributed by atoms with Gasteiger partial charge < -0.3 is 10.6 Å². The Balaban J connectivity index is 2.21. The summed E-state index contributed by atoms with van der Waals surface area (Å²) >= 11 is 1.81. The smallest absolute Gasteiger partial charge is 0.208 e. The molecule has 1 unspecified atom stereocenters. The fourth-order valence-electron chi connectivity index (χ4n) is 1.79. The summed E-state index contributed by atoms with van der Waals surface area (Å²) in [5.74, 6) is 0.727. The van der Waals surface area contributed by atoms with Crippen LogP contribution in [0.4, 0.5) is 0 Å². The van der Waals surface area contributed by atoms with Crippen molar-refractivity contribution in [1.82, 2.24) is 15.4 Å². The molecule has 0 saturated heterocycles. The second kappa shape index (κ2) is 10.5. The Labute approximate surface area is 143 Å². The molecule has 0 aromatic heterocycles. The summed E-state index contributed by atoms with van der Waals surface area (Å²) in [5, 5.41) is 6.85. The Kier molecular flexibility index (Phi) is 9.05. The first-order chi connectivity index (χ1) is 10.9. The topological polar surface area (TPSA) is 82.6 Å². The molecule has 1 aromatic carbocycles. The summed E-state index contributed by atoms with van der Waals surface area (Å²) in [6, 6.07) is 10.3. The van der Waals surface area contributed by atoms with Gasteiger partial charge >= 0.3 is 0 Å². The molecule has 0 saturated carbocycles. The molecule has 130 valence electrons. The Morgan fingerprint density at radius 2 is 1.91 bits per heavy atom. The lowest BCUT2D eigenvalue weighted by Gasteiger charge is -2.16. The van der Waals surface area contributed by atoms with Crippen LogP contribution in [0.3, 0.4) is 0 Å². The van der Waals surface area contributed by atoms with Gasteiger partial charge in [0, 0.05) is 36.8 Å². The first-order valence-electron chi connectivity index (χ1n) is 7.51. The number of thioether (sulfide) groups is 1. The molecule has 1 aromatic rings. The van der Waals surface area contributed by atoms with Crippen molar-refractivity contribution < 1.29 is 8.42 Å². The van der Waals surface area contributed by atoms with Crippen LogP contribution in [-0.4, -0.2) is 52.6 Å². The number of aliphatic imine (C=N–C) groups is 1. The van der Waals surface area contributed by atoms with Crippen LogP contribution in [0.1, 0.15) is 13.3 Å². The molecule has 0 radical (unpaired) electrons. The predicted octanol–water partition coefficient (Wildman–Crippen LogP) is 1.27. The van der Waals surface area contributed by atoms with Gasteiger partial charge in [0.1, 0.15) is 0 Å². The van der Waals surface area contributed by atoms with Crippen molar-refractivity contribution in [3.8, 4) is 0 Å². The average Bonchev–Trinajstić information content (AvgIpc) is 2.50. The van der Waals surface area contributed by atoms with Crippen molar-refractivity contribution in [3.63, 3.8) is 0 Å². The van der Waals surface area contributed by atoms with Crippen LogP contribution in [0.2, 0.25) is 0 Å². The molecule has 0 fully saturated rings. The van der Waals surface area contributed by atoms with E-state index >= 15 is 0 Å². The molecular formula is C15H26N4O2S2. The molecular weight excluding hydrogens is 332 g/mol. The van der Waals surface area contributed by atoms with Crippen LogP contribution in [0.5, 0.6) is 0 Å². The highest BCUT2D eigenvalue weighted by Gasteiger charge is 2.06. The number of nitrogens with one attached hydrogen (secondary N) is 3. The van der Waals surface area contributed by atoms with E-state index in [1.807, 2.05) is 30.0 Å². The van der Waals surface area contributed by atoms with Crippen molar-refractivity contribution in [2.45, 2.75) is 23.5 Å². The second-order valence-corrected chi connectivity index (χ2v) is 8.49. The van der Waals surface area contributed by atoms with Crippen LogP contribution in [0.25, 0.3) is 0 Å². The molecule has 8 heteroatoms. The average molecular weight is 359 g/mol. The number of nitrogens with zero attached hydrogens (tertiary/aromatic N) is 1. The monoisotopic (exact) mass is 358 g/mol. The summed E-state index contributed by atoms with van der Waals surface area (Å²) in [7, 11) is -1.39. The van der Waals surface area contributed by atoms with Crippen molar-refractivity contribution >= 4 is 27.7 Å². The first-order valence-corrected chi connectivity index (χ1v) is 10.3. The van der Waals surface area contributed by atoms with E-state index in [0.29, 0.717) is 24.8 Å². The second-order valence-electron chi connectivity index (χ2n) is 5.14. The number of benzene rings is 1. The molecule has 23 heavy (non-hydrogen) atoms. The summed E-state index contributed by atoms with van der Waals surface area (Å²) in [6.07, 6.45) is 1.86. The Hall–Kier alpha value is -1.25. The maximum Gasteiger partial charge on any atom is 0.208 e. The van der Waals surface area contributed by atoms with Gasteiger partial charge in [0.2, 0.25) is 10.0 Å². The third-order valence-corrected chi connectivity index (χ3v) is 4.71. The Morgan fingerprint density at radius 3 is 2.52 bits per heavy atom. The van der Waals surface area contributed by atoms with E-state index in [-0.39, 0.29) is 0 Å². The summed E-state index contributed by atoms with van der Waals surface area (Å²) in [6.45, 7) is 4.03. The Bertz CT molecular complexity index is 576. The first kappa shape index (κ1) is 19.8. The molecule has 6 nitrogen and oxygen atoms in total. The largest absolute Gasteiger partial charge is 0.356 e. The quantitative estimate of drug-likeness (QED) is 0.268. The minimum atomic E-state index is -3.11. The standard InChI is InChI=1S/C15H26N4O2S2/c1-13(22-14-8-5-4-6-9-14)12-18-15(16-2)17-10-7-11-19-23(3,20)21/h4-6,8-9,13,19H,7,10-12H2,1-3H3,(H2,16,17,18). The summed E-state index contributed by atoms with van der Waals surface area (Å²) in [5.41, 5.74) is 0. The van der Waals surface area contributed by atoms with Crippen molar-refractivity contribution in [1.29, 1.82) is 0 Å². The van der Waals surface area contributed by atoms with Gasteiger partial charge in [-0.25, -0.2) is 13.1 Å². The third kappa shape index (κ3) is 10.2. The van der Waals surface area contributed by atoms with Crippen LogP contribution in [-0.2, 0) is 10.0 Å². The van der Waals surface area contributed by atoms with E-state index < -0.39 is 10.0 Å². The van der Waals surface area contributed by atoms with Crippen LogP contribution in [0, 0.1) is 0 Å². The zero-order chi connectivity index (χ0) is 17.1. The van der Waals surface area contributed by atoms with E-state index in [0.717, 1.165) is 18.8 Å². The fraction of sp³-hybridized carbons (Fsp3) is 0.533. The molecule has 1 rings (SSSR count). The molecule has 0 aliphatic heterocycles. The van der Waals surface area contributed by atoms with Crippen molar-refractivity contribution in [2.75, 3.05) is 32.9 Å². The maximum atomic E-state index is 10.9. The number of guanidine groups is 1. The molecule has 0 bridgehead atoms. The zero-order valence-corrected chi connectivity index (χ0v) is 15.5. The lowest BCUT2D eigenvalue weighted by Crippen LogP contribution is -2.41. The lowest BCUT2D eigenvalue weighted by atomic mass is 10.4. The molecule has 0 aliphatic rings. The molecule has 3 N–H and O–H groups in total. The molecule has 0 amide bonds. The number of hydrogen-bond acceptors (Lipinski definition) is 4. The van der Waals surface area contributed by atoms with Crippen LogP contribution < -0.4 is 15.4 Å². The van der Waals surface area contributed by atoms with Gasteiger partial charge in [0.25, 0.3) is 0 Å².